The Morgan fingerprint density at radius 3 is 3.05 bits per heavy atom. The van der Waals surface area contributed by atoms with Crippen LogP contribution in [0.3, 0.4) is 0 Å². The Kier molecular flexibility index (Phi) is 3.44. The monoisotopic (exact) mass is 273 g/mol. The lowest BCUT2D eigenvalue weighted by Gasteiger charge is -2.31. The number of carbonyl (C=O) groups is 1. The van der Waals surface area contributed by atoms with Gasteiger partial charge in [-0.05, 0) is 38.6 Å². The summed E-state index contributed by atoms with van der Waals surface area (Å²) in [6.45, 7) is 1.11. The number of fused-ring (bicyclic) bond motifs is 1. The van der Waals surface area contributed by atoms with E-state index in [-0.39, 0.29) is 5.97 Å². The van der Waals surface area contributed by atoms with E-state index in [2.05, 4.69) is 21.3 Å². The first kappa shape index (κ1) is 13.1. The minimum absolute atomic E-state index is 0.315. The van der Waals surface area contributed by atoms with Gasteiger partial charge in [0.1, 0.15) is 5.82 Å². The van der Waals surface area contributed by atoms with Gasteiger partial charge < -0.3 is 9.14 Å². The Morgan fingerprint density at radius 1 is 1.45 bits per heavy atom. The molecule has 3 heterocycles. The van der Waals surface area contributed by atoms with Gasteiger partial charge in [-0.1, -0.05) is 6.42 Å². The van der Waals surface area contributed by atoms with E-state index >= 15 is 0 Å². The highest BCUT2D eigenvalue weighted by Crippen LogP contribution is 2.29. The largest absolute Gasteiger partial charge is 0.465 e. The maximum Gasteiger partial charge on any atom is 0.337 e. The van der Waals surface area contributed by atoms with Crippen molar-refractivity contribution >= 4 is 11.5 Å². The lowest BCUT2D eigenvalue weighted by molar-refractivity contribution is 0.0600. The van der Waals surface area contributed by atoms with E-state index in [9.17, 15) is 4.79 Å². The van der Waals surface area contributed by atoms with Crippen molar-refractivity contribution in [3.63, 3.8) is 0 Å². The van der Waals surface area contributed by atoms with Crippen LogP contribution in [-0.2, 0) is 4.74 Å². The van der Waals surface area contributed by atoms with Gasteiger partial charge in [0.2, 0.25) is 0 Å². The van der Waals surface area contributed by atoms with Crippen LogP contribution in [0.25, 0.3) is 5.52 Å². The van der Waals surface area contributed by atoms with E-state index in [4.69, 9.17) is 4.74 Å². The molecule has 1 atom stereocenters. The zero-order chi connectivity index (χ0) is 14.1. The molecule has 106 valence electrons. The maximum absolute atomic E-state index is 11.6. The van der Waals surface area contributed by atoms with Crippen molar-refractivity contribution < 1.29 is 9.53 Å². The standard InChI is InChI=1S/C15H19N3O2/c1-17-7-4-3-5-13(17)14-16-10-12-9-11(15(19)20-2)6-8-18(12)14/h6,8-10,13H,3-5,7H2,1-2H3. The molecular weight excluding hydrogens is 254 g/mol. The fraction of sp³-hybridized carbons (Fsp3) is 0.467. The number of aromatic nitrogens is 2. The second kappa shape index (κ2) is 5.25. The van der Waals surface area contributed by atoms with E-state index in [1.54, 1.807) is 6.07 Å². The molecule has 20 heavy (non-hydrogen) atoms. The Morgan fingerprint density at radius 2 is 2.30 bits per heavy atom. The molecule has 2 aromatic heterocycles. The van der Waals surface area contributed by atoms with Crippen molar-refractivity contribution in [3.8, 4) is 0 Å². The summed E-state index contributed by atoms with van der Waals surface area (Å²) in [5.41, 5.74) is 1.49. The molecule has 1 aliphatic heterocycles. The van der Waals surface area contributed by atoms with Gasteiger partial charge >= 0.3 is 5.97 Å². The second-order valence-electron chi connectivity index (χ2n) is 5.31. The summed E-state index contributed by atoms with van der Waals surface area (Å²) in [5.74, 6) is 0.739. The molecule has 1 saturated heterocycles. The number of piperidine rings is 1. The quantitative estimate of drug-likeness (QED) is 0.788. The first-order valence-corrected chi connectivity index (χ1v) is 6.96. The fourth-order valence-corrected chi connectivity index (χ4v) is 2.91. The van der Waals surface area contributed by atoms with Crippen molar-refractivity contribution in [2.75, 3.05) is 20.7 Å². The Balaban J connectivity index is 1.99. The summed E-state index contributed by atoms with van der Waals surface area (Å²) in [6.07, 6.45) is 7.36. The molecule has 0 spiro atoms. The van der Waals surface area contributed by atoms with Crippen molar-refractivity contribution in [2.24, 2.45) is 0 Å². The zero-order valence-electron chi connectivity index (χ0n) is 11.9. The van der Waals surface area contributed by atoms with Gasteiger partial charge in [0, 0.05) is 6.20 Å². The average molecular weight is 273 g/mol. The van der Waals surface area contributed by atoms with Crippen LogP contribution in [0.4, 0.5) is 0 Å². The second-order valence-corrected chi connectivity index (χ2v) is 5.31. The number of esters is 1. The lowest BCUT2D eigenvalue weighted by atomic mass is 10.0. The van der Waals surface area contributed by atoms with Crippen LogP contribution in [0.2, 0.25) is 0 Å². The van der Waals surface area contributed by atoms with Crippen LogP contribution >= 0.6 is 0 Å². The molecule has 0 saturated carbocycles. The van der Waals surface area contributed by atoms with Gasteiger partial charge in [0.15, 0.2) is 0 Å². The highest BCUT2D eigenvalue weighted by Gasteiger charge is 2.24. The number of ether oxygens (including phenoxy) is 1. The molecule has 0 radical (unpaired) electrons. The number of nitrogens with zero attached hydrogens (tertiary/aromatic N) is 3. The summed E-state index contributed by atoms with van der Waals surface area (Å²) < 4.78 is 6.82. The predicted octanol–water partition coefficient (Wildman–Crippen LogP) is 2.28. The van der Waals surface area contributed by atoms with Crippen molar-refractivity contribution in [1.82, 2.24) is 14.3 Å². The average Bonchev–Trinajstić information content (AvgIpc) is 2.90. The molecule has 0 bridgehead atoms. The normalized spacial score (nSPS) is 20.2. The van der Waals surface area contributed by atoms with E-state index < -0.39 is 0 Å². The van der Waals surface area contributed by atoms with Gasteiger partial charge in [-0.15, -0.1) is 0 Å². The smallest absolute Gasteiger partial charge is 0.337 e. The third kappa shape index (κ3) is 2.18. The van der Waals surface area contributed by atoms with Crippen LogP contribution < -0.4 is 0 Å². The Bertz CT molecular complexity index is 635. The first-order chi connectivity index (χ1) is 9.70. The number of likely N-dealkylation sites (tertiary alicyclic amines) is 1. The van der Waals surface area contributed by atoms with Crippen molar-refractivity contribution in [3.05, 3.63) is 35.9 Å². The molecule has 2 aromatic rings. The molecule has 0 N–H and O–H groups in total. The van der Waals surface area contributed by atoms with Crippen molar-refractivity contribution in [2.45, 2.75) is 25.3 Å². The highest BCUT2D eigenvalue weighted by molar-refractivity contribution is 5.90. The minimum Gasteiger partial charge on any atom is -0.465 e. The van der Waals surface area contributed by atoms with E-state index in [0.29, 0.717) is 11.6 Å². The van der Waals surface area contributed by atoms with Crippen LogP contribution in [-0.4, -0.2) is 41.0 Å². The highest BCUT2D eigenvalue weighted by atomic mass is 16.5. The molecule has 1 unspecified atom stereocenters. The molecule has 1 aliphatic rings. The van der Waals surface area contributed by atoms with Gasteiger partial charge in [-0.3, -0.25) is 4.90 Å². The molecule has 5 heteroatoms. The van der Waals surface area contributed by atoms with Gasteiger partial charge in [-0.25, -0.2) is 9.78 Å². The van der Waals surface area contributed by atoms with Crippen LogP contribution in [0.5, 0.6) is 0 Å². The molecule has 0 aliphatic carbocycles. The summed E-state index contributed by atoms with van der Waals surface area (Å²) in [5, 5.41) is 0. The summed E-state index contributed by atoms with van der Waals surface area (Å²) in [7, 11) is 3.54. The van der Waals surface area contributed by atoms with Crippen LogP contribution in [0.15, 0.2) is 24.5 Å². The third-order valence-electron chi connectivity index (χ3n) is 4.05. The molecule has 1 fully saturated rings. The SMILES string of the molecule is COC(=O)c1ccn2c(C3CCCCN3C)ncc2c1. The Labute approximate surface area is 118 Å². The zero-order valence-corrected chi connectivity index (χ0v) is 11.9. The van der Waals surface area contributed by atoms with Gasteiger partial charge in [0.05, 0.1) is 30.4 Å². The molecule has 3 rings (SSSR count). The third-order valence-corrected chi connectivity index (χ3v) is 4.05. The molecule has 5 nitrogen and oxygen atoms in total. The van der Waals surface area contributed by atoms with Crippen LogP contribution in [0.1, 0.15) is 41.5 Å². The molecule has 0 amide bonds. The lowest BCUT2D eigenvalue weighted by Crippen LogP contribution is -2.30. The number of imidazole rings is 1. The predicted molar refractivity (Wildman–Crippen MR) is 75.8 cm³/mol. The van der Waals surface area contributed by atoms with E-state index in [1.165, 1.54) is 20.0 Å². The first-order valence-electron chi connectivity index (χ1n) is 6.96. The Hall–Kier alpha value is -1.88. The minimum atomic E-state index is -0.315. The van der Waals surface area contributed by atoms with E-state index in [0.717, 1.165) is 24.3 Å². The van der Waals surface area contributed by atoms with Gasteiger partial charge in [-0.2, -0.15) is 0 Å². The fourth-order valence-electron chi connectivity index (χ4n) is 2.91. The summed E-state index contributed by atoms with van der Waals surface area (Å²) in [4.78, 5) is 18.5. The molecule has 0 aromatic carbocycles. The number of hydrogen-bond acceptors (Lipinski definition) is 4. The topological polar surface area (TPSA) is 46.8 Å². The van der Waals surface area contributed by atoms with Crippen molar-refractivity contribution in [1.29, 1.82) is 0 Å². The number of hydrogen-bond donors (Lipinski definition) is 0. The number of carbonyl (C=O) groups excluding carboxylic acids is 1. The maximum atomic E-state index is 11.6. The van der Waals surface area contributed by atoms with Crippen LogP contribution in [0, 0.1) is 0 Å². The molecular formula is C15H19N3O2. The van der Waals surface area contributed by atoms with Gasteiger partial charge in [0.25, 0.3) is 0 Å². The number of rotatable bonds is 2. The number of pyridine rings is 1. The van der Waals surface area contributed by atoms with E-state index in [1.807, 2.05) is 18.5 Å². The summed E-state index contributed by atoms with van der Waals surface area (Å²) in [6, 6.07) is 3.97. The number of methoxy groups -OCH3 is 1. The summed E-state index contributed by atoms with van der Waals surface area (Å²) >= 11 is 0.